The normalized spacial score (nSPS) is 13.8. The number of amides is 1. The van der Waals surface area contributed by atoms with E-state index in [1.165, 1.54) is 38.1 Å². The van der Waals surface area contributed by atoms with Crippen molar-refractivity contribution in [3.05, 3.63) is 36.4 Å². The zero-order chi connectivity index (χ0) is 23.1. The van der Waals surface area contributed by atoms with Crippen molar-refractivity contribution in [2.24, 2.45) is 0 Å². The van der Waals surface area contributed by atoms with Gasteiger partial charge in [-0.15, -0.1) is 0 Å². The van der Waals surface area contributed by atoms with Crippen molar-refractivity contribution in [2.45, 2.75) is 17.4 Å². The number of thioether (sulfide) groups is 1. The summed E-state index contributed by atoms with van der Waals surface area (Å²) >= 11 is 1.51. The van der Waals surface area contributed by atoms with Crippen LogP contribution in [0.2, 0.25) is 0 Å². The van der Waals surface area contributed by atoms with Gasteiger partial charge in [-0.05, 0) is 30.6 Å². The largest absolute Gasteiger partial charge is 0.497 e. The molecule has 1 unspecified atom stereocenters. The second-order valence-electron chi connectivity index (χ2n) is 6.85. The van der Waals surface area contributed by atoms with E-state index in [0.29, 0.717) is 54.1 Å². The molecule has 1 aliphatic rings. The van der Waals surface area contributed by atoms with Gasteiger partial charge in [-0.3, -0.25) is 4.79 Å². The van der Waals surface area contributed by atoms with Gasteiger partial charge in [0.2, 0.25) is 15.9 Å². The van der Waals surface area contributed by atoms with Gasteiger partial charge in [-0.2, -0.15) is 16.5 Å². The molecule has 1 amide bonds. The molecule has 11 heteroatoms. The molecular formula is C21H26N2O7S2. The maximum absolute atomic E-state index is 13.0. The quantitative estimate of drug-likeness (QED) is 0.531. The summed E-state index contributed by atoms with van der Waals surface area (Å²) in [6.45, 7) is 0.746. The van der Waals surface area contributed by atoms with Crippen LogP contribution in [0, 0.1) is 0 Å². The number of carbonyl (C=O) groups is 1. The first-order valence-electron chi connectivity index (χ1n) is 9.81. The predicted octanol–water partition coefficient (Wildman–Crippen LogP) is 2.51. The van der Waals surface area contributed by atoms with Gasteiger partial charge in [-0.1, -0.05) is 0 Å². The lowest BCUT2D eigenvalue weighted by atomic mass is 10.2. The van der Waals surface area contributed by atoms with Crippen LogP contribution in [-0.2, 0) is 14.8 Å². The molecule has 0 aromatic heterocycles. The topological polar surface area (TPSA) is 112 Å². The highest BCUT2D eigenvalue weighted by Crippen LogP contribution is 2.32. The molecule has 0 spiro atoms. The van der Waals surface area contributed by atoms with Crippen molar-refractivity contribution in [1.29, 1.82) is 0 Å². The van der Waals surface area contributed by atoms with Crippen LogP contribution in [0.15, 0.2) is 41.3 Å². The van der Waals surface area contributed by atoms with E-state index in [-0.39, 0.29) is 4.90 Å². The second kappa shape index (κ2) is 10.8. The van der Waals surface area contributed by atoms with Gasteiger partial charge >= 0.3 is 0 Å². The fraction of sp³-hybridized carbons (Fsp3) is 0.381. The van der Waals surface area contributed by atoms with Gasteiger partial charge in [0.25, 0.3) is 0 Å². The molecule has 1 aliphatic heterocycles. The molecule has 2 aromatic rings. The van der Waals surface area contributed by atoms with E-state index in [0.717, 1.165) is 0 Å². The van der Waals surface area contributed by atoms with Crippen molar-refractivity contribution in [2.75, 3.05) is 44.8 Å². The van der Waals surface area contributed by atoms with Gasteiger partial charge in [0.15, 0.2) is 11.5 Å². The fourth-order valence-corrected chi connectivity index (χ4v) is 4.75. The molecule has 3 rings (SSSR count). The molecule has 9 nitrogen and oxygen atoms in total. The number of benzene rings is 2. The minimum Gasteiger partial charge on any atom is -0.497 e. The third kappa shape index (κ3) is 5.99. The summed E-state index contributed by atoms with van der Waals surface area (Å²) in [5.41, 5.74) is 0.430. The molecule has 2 aromatic carbocycles. The average molecular weight is 483 g/mol. The lowest BCUT2D eigenvalue weighted by Gasteiger charge is -2.21. The smallest absolute Gasteiger partial charge is 0.242 e. The van der Waals surface area contributed by atoms with Crippen LogP contribution in [0.4, 0.5) is 5.69 Å². The Balaban J connectivity index is 1.80. The lowest BCUT2D eigenvalue weighted by Crippen LogP contribution is -2.44. The number of fused-ring (bicyclic) bond motifs is 1. The second-order valence-corrected chi connectivity index (χ2v) is 9.55. The Morgan fingerprint density at radius 2 is 1.72 bits per heavy atom. The first-order valence-corrected chi connectivity index (χ1v) is 12.7. The number of anilines is 1. The molecule has 0 fully saturated rings. The molecule has 0 saturated carbocycles. The Labute approximate surface area is 191 Å². The Morgan fingerprint density at radius 1 is 1.06 bits per heavy atom. The monoisotopic (exact) mass is 482 g/mol. The van der Waals surface area contributed by atoms with Crippen LogP contribution < -0.4 is 29.0 Å². The van der Waals surface area contributed by atoms with Crippen molar-refractivity contribution in [1.82, 2.24) is 4.72 Å². The number of carbonyl (C=O) groups excluding carboxylic acids is 1. The Kier molecular flexibility index (Phi) is 8.10. The Morgan fingerprint density at radius 3 is 2.34 bits per heavy atom. The summed E-state index contributed by atoms with van der Waals surface area (Å²) in [4.78, 5) is 13.0. The standard InChI is InChI=1S/C21H26N2O7S2/c1-27-15-10-14(11-16(12-15)28-2)22-21(24)18(6-9-31-3)23-32(25,26)17-4-5-19-20(13-17)30-8-7-29-19/h4-5,10-13,18,23H,6-9H2,1-3H3,(H,22,24). The highest BCUT2D eigenvalue weighted by atomic mass is 32.2. The van der Waals surface area contributed by atoms with E-state index < -0.39 is 22.0 Å². The van der Waals surface area contributed by atoms with Gasteiger partial charge in [0.1, 0.15) is 30.8 Å². The molecule has 0 aliphatic carbocycles. The maximum atomic E-state index is 13.0. The molecule has 0 radical (unpaired) electrons. The van der Waals surface area contributed by atoms with E-state index in [4.69, 9.17) is 18.9 Å². The summed E-state index contributed by atoms with van der Waals surface area (Å²) in [5, 5.41) is 2.74. The minimum absolute atomic E-state index is 0.00764. The number of rotatable bonds is 10. The molecular weight excluding hydrogens is 456 g/mol. The van der Waals surface area contributed by atoms with Crippen molar-refractivity contribution in [3.63, 3.8) is 0 Å². The number of ether oxygens (including phenoxy) is 4. The van der Waals surface area contributed by atoms with E-state index in [9.17, 15) is 13.2 Å². The van der Waals surface area contributed by atoms with E-state index in [2.05, 4.69) is 10.0 Å². The van der Waals surface area contributed by atoms with E-state index in [1.807, 2.05) is 6.26 Å². The molecule has 0 bridgehead atoms. The zero-order valence-electron chi connectivity index (χ0n) is 18.0. The number of hydrogen-bond donors (Lipinski definition) is 2. The maximum Gasteiger partial charge on any atom is 0.242 e. The molecule has 2 N–H and O–H groups in total. The third-order valence-corrected chi connectivity index (χ3v) is 6.78. The highest BCUT2D eigenvalue weighted by Gasteiger charge is 2.27. The van der Waals surface area contributed by atoms with Gasteiger partial charge in [-0.25, -0.2) is 8.42 Å². The average Bonchev–Trinajstić information content (AvgIpc) is 2.80. The van der Waals surface area contributed by atoms with Crippen LogP contribution in [0.5, 0.6) is 23.0 Å². The van der Waals surface area contributed by atoms with Gasteiger partial charge in [0, 0.05) is 30.0 Å². The molecule has 1 heterocycles. The number of nitrogens with one attached hydrogen (secondary N) is 2. The molecule has 174 valence electrons. The zero-order valence-corrected chi connectivity index (χ0v) is 19.7. The number of sulfonamides is 1. The fourth-order valence-electron chi connectivity index (χ4n) is 3.03. The van der Waals surface area contributed by atoms with Crippen LogP contribution in [0.3, 0.4) is 0 Å². The number of hydrogen-bond acceptors (Lipinski definition) is 8. The molecule has 32 heavy (non-hydrogen) atoms. The van der Waals surface area contributed by atoms with Crippen LogP contribution in [0.1, 0.15) is 6.42 Å². The first-order chi connectivity index (χ1) is 15.4. The van der Waals surface area contributed by atoms with E-state index in [1.54, 1.807) is 24.3 Å². The van der Waals surface area contributed by atoms with Crippen molar-refractivity contribution < 1.29 is 32.2 Å². The summed E-state index contributed by atoms with van der Waals surface area (Å²) in [7, 11) is -0.985. The summed E-state index contributed by atoms with van der Waals surface area (Å²) in [6.07, 6.45) is 2.19. The van der Waals surface area contributed by atoms with Gasteiger partial charge < -0.3 is 24.3 Å². The SMILES string of the molecule is COc1cc(NC(=O)C(CCSC)NS(=O)(=O)c2ccc3c(c2)OCCO3)cc(OC)c1. The van der Waals surface area contributed by atoms with Crippen LogP contribution in [0.25, 0.3) is 0 Å². The summed E-state index contributed by atoms with van der Waals surface area (Å²) < 4.78 is 49.9. The van der Waals surface area contributed by atoms with Gasteiger partial charge in [0.05, 0.1) is 19.1 Å². The van der Waals surface area contributed by atoms with Crippen LogP contribution >= 0.6 is 11.8 Å². The summed E-state index contributed by atoms with van der Waals surface area (Å²) in [5.74, 6) is 1.93. The van der Waals surface area contributed by atoms with Crippen molar-refractivity contribution >= 4 is 33.4 Å². The molecule has 1 atom stereocenters. The predicted molar refractivity (Wildman–Crippen MR) is 123 cm³/mol. The third-order valence-electron chi connectivity index (χ3n) is 4.67. The Hall–Kier alpha value is -2.63. The highest BCUT2D eigenvalue weighted by molar-refractivity contribution is 7.98. The number of methoxy groups -OCH3 is 2. The summed E-state index contributed by atoms with van der Waals surface area (Å²) in [6, 6.07) is 8.30. The van der Waals surface area contributed by atoms with Crippen LogP contribution in [-0.4, -0.2) is 59.8 Å². The van der Waals surface area contributed by atoms with Crippen molar-refractivity contribution in [3.8, 4) is 23.0 Å². The lowest BCUT2D eigenvalue weighted by molar-refractivity contribution is -0.117. The Bertz CT molecular complexity index is 1040. The minimum atomic E-state index is -3.99. The first kappa shape index (κ1) is 24.0. The molecule has 0 saturated heterocycles. The van der Waals surface area contributed by atoms with E-state index >= 15 is 0 Å².